The molecule has 1 heterocycles. The van der Waals surface area contributed by atoms with Crippen molar-refractivity contribution in [3.63, 3.8) is 0 Å². The van der Waals surface area contributed by atoms with Gasteiger partial charge in [0.25, 0.3) is 0 Å². The summed E-state index contributed by atoms with van der Waals surface area (Å²) in [7, 11) is -3.62. The van der Waals surface area contributed by atoms with Gasteiger partial charge in [-0.1, -0.05) is 18.2 Å². The number of hydrogen-bond donors (Lipinski definition) is 2. The molecule has 150 valence electrons. The Bertz CT molecular complexity index is 972. The molecule has 3 rings (SSSR count). The van der Waals surface area contributed by atoms with Gasteiger partial charge in [0.05, 0.1) is 11.4 Å². The van der Waals surface area contributed by atoms with Gasteiger partial charge in [-0.25, -0.2) is 13.1 Å². The summed E-state index contributed by atoms with van der Waals surface area (Å²) >= 11 is 0. The smallest absolute Gasteiger partial charge is 0.241 e. The van der Waals surface area contributed by atoms with Crippen LogP contribution in [-0.2, 0) is 21.4 Å². The third-order valence-electron chi connectivity index (χ3n) is 5.37. The highest BCUT2D eigenvalue weighted by Crippen LogP contribution is 2.26. The molecule has 2 aromatic carbocycles. The number of carbonyl (C=O) groups is 1. The monoisotopic (exact) mass is 401 g/mol. The van der Waals surface area contributed by atoms with Gasteiger partial charge in [-0.3, -0.25) is 4.79 Å². The van der Waals surface area contributed by atoms with Crippen molar-refractivity contribution < 1.29 is 13.2 Å². The fourth-order valence-electron chi connectivity index (χ4n) is 3.52. The maximum atomic E-state index is 12.9. The first-order chi connectivity index (χ1) is 13.2. The first-order valence-electron chi connectivity index (χ1n) is 9.36. The number of anilines is 1. The molecule has 1 saturated heterocycles. The molecule has 1 aliphatic heterocycles. The molecule has 7 heteroatoms. The topological polar surface area (TPSA) is 78.5 Å². The lowest BCUT2D eigenvalue weighted by molar-refractivity contribution is -0.120. The van der Waals surface area contributed by atoms with Crippen LogP contribution in [0, 0.1) is 27.7 Å². The Kier molecular flexibility index (Phi) is 5.76. The Balaban J connectivity index is 1.74. The minimum absolute atomic E-state index is 0.0160. The lowest BCUT2D eigenvalue weighted by Gasteiger charge is -2.28. The fourth-order valence-corrected chi connectivity index (χ4v) is 5.15. The molecule has 0 unspecified atom stereocenters. The highest BCUT2D eigenvalue weighted by molar-refractivity contribution is 7.89. The van der Waals surface area contributed by atoms with Crippen molar-refractivity contribution in [3.8, 4) is 0 Å². The Labute approximate surface area is 167 Å². The van der Waals surface area contributed by atoms with Crippen LogP contribution in [0.2, 0.25) is 0 Å². The SMILES string of the molecule is Cc1cc(C)c(C)c(S(=O)(=O)NCc2ccc(N3CCNC(=O)C3)cc2)c1C. The van der Waals surface area contributed by atoms with E-state index in [1.54, 1.807) is 0 Å². The first kappa shape index (κ1) is 20.4. The zero-order valence-corrected chi connectivity index (χ0v) is 17.6. The van der Waals surface area contributed by atoms with Crippen LogP contribution in [0.3, 0.4) is 0 Å². The predicted molar refractivity (Wildman–Crippen MR) is 111 cm³/mol. The Morgan fingerprint density at radius 2 is 1.64 bits per heavy atom. The summed E-state index contributed by atoms with van der Waals surface area (Å²) in [4.78, 5) is 13.9. The molecule has 0 saturated carbocycles. The number of carbonyl (C=O) groups excluding carboxylic acids is 1. The summed E-state index contributed by atoms with van der Waals surface area (Å²) in [6.07, 6.45) is 0. The second-order valence-corrected chi connectivity index (χ2v) is 9.06. The van der Waals surface area contributed by atoms with E-state index >= 15 is 0 Å². The minimum Gasteiger partial charge on any atom is -0.360 e. The lowest BCUT2D eigenvalue weighted by atomic mass is 10.0. The number of piperazine rings is 1. The van der Waals surface area contributed by atoms with Gasteiger partial charge in [0.2, 0.25) is 15.9 Å². The van der Waals surface area contributed by atoms with Gasteiger partial charge in [-0.05, 0) is 67.6 Å². The molecule has 1 amide bonds. The molecule has 0 aromatic heterocycles. The largest absolute Gasteiger partial charge is 0.360 e. The normalized spacial score (nSPS) is 14.9. The van der Waals surface area contributed by atoms with Crippen molar-refractivity contribution in [2.75, 3.05) is 24.5 Å². The summed E-state index contributed by atoms with van der Waals surface area (Å²) in [5.74, 6) is 0.0160. The molecule has 0 spiro atoms. The van der Waals surface area contributed by atoms with Crippen molar-refractivity contribution >= 4 is 21.6 Å². The lowest BCUT2D eigenvalue weighted by Crippen LogP contribution is -2.47. The molecule has 2 N–H and O–H groups in total. The summed E-state index contributed by atoms with van der Waals surface area (Å²) < 4.78 is 28.6. The van der Waals surface area contributed by atoms with Gasteiger partial charge < -0.3 is 10.2 Å². The molecule has 6 nitrogen and oxygen atoms in total. The molecular weight excluding hydrogens is 374 g/mol. The van der Waals surface area contributed by atoms with E-state index in [0.29, 0.717) is 18.0 Å². The van der Waals surface area contributed by atoms with Crippen LogP contribution >= 0.6 is 0 Å². The van der Waals surface area contributed by atoms with Gasteiger partial charge in [-0.15, -0.1) is 0 Å². The van der Waals surface area contributed by atoms with E-state index in [0.717, 1.165) is 40.0 Å². The zero-order valence-electron chi connectivity index (χ0n) is 16.8. The average molecular weight is 402 g/mol. The van der Waals surface area contributed by atoms with Crippen LogP contribution < -0.4 is 14.9 Å². The van der Waals surface area contributed by atoms with Crippen LogP contribution in [-0.4, -0.2) is 34.0 Å². The van der Waals surface area contributed by atoms with Gasteiger partial charge in [0, 0.05) is 25.3 Å². The minimum atomic E-state index is -3.62. The van der Waals surface area contributed by atoms with E-state index in [1.807, 2.05) is 62.9 Å². The van der Waals surface area contributed by atoms with Crippen molar-refractivity contribution in [1.82, 2.24) is 10.0 Å². The third kappa shape index (κ3) is 4.20. The highest BCUT2D eigenvalue weighted by Gasteiger charge is 2.22. The second-order valence-electron chi connectivity index (χ2n) is 7.35. The van der Waals surface area contributed by atoms with Crippen molar-refractivity contribution in [3.05, 3.63) is 58.1 Å². The van der Waals surface area contributed by atoms with Crippen LogP contribution in [0.4, 0.5) is 5.69 Å². The fraction of sp³-hybridized carbons (Fsp3) is 0.381. The van der Waals surface area contributed by atoms with E-state index in [4.69, 9.17) is 0 Å². The number of hydrogen-bond acceptors (Lipinski definition) is 4. The van der Waals surface area contributed by atoms with Crippen molar-refractivity contribution in [1.29, 1.82) is 0 Å². The third-order valence-corrected chi connectivity index (χ3v) is 7.05. The van der Waals surface area contributed by atoms with Gasteiger partial charge in [0.1, 0.15) is 0 Å². The van der Waals surface area contributed by atoms with Gasteiger partial charge in [0.15, 0.2) is 0 Å². The summed E-state index contributed by atoms with van der Waals surface area (Å²) in [6, 6.07) is 9.66. The number of benzene rings is 2. The molecule has 0 bridgehead atoms. The summed E-state index contributed by atoms with van der Waals surface area (Å²) in [5.41, 5.74) is 5.34. The number of sulfonamides is 1. The maximum Gasteiger partial charge on any atom is 0.241 e. The Morgan fingerprint density at radius 1 is 1.04 bits per heavy atom. The van der Waals surface area contributed by atoms with Crippen molar-refractivity contribution in [2.45, 2.75) is 39.1 Å². The highest BCUT2D eigenvalue weighted by atomic mass is 32.2. The molecule has 1 fully saturated rings. The van der Waals surface area contributed by atoms with Gasteiger partial charge in [-0.2, -0.15) is 0 Å². The van der Waals surface area contributed by atoms with E-state index in [-0.39, 0.29) is 12.5 Å². The van der Waals surface area contributed by atoms with Crippen LogP contribution in [0.15, 0.2) is 35.2 Å². The first-order valence-corrected chi connectivity index (χ1v) is 10.8. The molecular formula is C21H27N3O3S. The number of rotatable bonds is 5. The maximum absolute atomic E-state index is 12.9. The quantitative estimate of drug-likeness (QED) is 0.806. The number of aryl methyl sites for hydroxylation is 2. The number of amides is 1. The van der Waals surface area contributed by atoms with E-state index in [9.17, 15) is 13.2 Å². The second kappa shape index (κ2) is 7.93. The van der Waals surface area contributed by atoms with E-state index in [1.165, 1.54) is 0 Å². The zero-order chi connectivity index (χ0) is 20.5. The Hall–Kier alpha value is -2.38. The number of nitrogens with zero attached hydrogens (tertiary/aromatic N) is 1. The van der Waals surface area contributed by atoms with Crippen molar-refractivity contribution in [2.24, 2.45) is 0 Å². The molecule has 0 aliphatic carbocycles. The standard InChI is InChI=1S/C21H27N3O3S/c1-14-11-15(2)17(4)21(16(14)3)28(26,27)23-12-18-5-7-19(8-6-18)24-10-9-22-20(25)13-24/h5-8,11,23H,9-10,12-13H2,1-4H3,(H,22,25). The van der Waals surface area contributed by atoms with E-state index < -0.39 is 10.0 Å². The average Bonchev–Trinajstić information content (AvgIpc) is 2.65. The molecule has 0 atom stereocenters. The molecule has 2 aromatic rings. The summed E-state index contributed by atoms with van der Waals surface area (Å²) in [6.45, 7) is 9.52. The summed E-state index contributed by atoms with van der Waals surface area (Å²) in [5, 5.41) is 2.81. The molecule has 28 heavy (non-hydrogen) atoms. The van der Waals surface area contributed by atoms with Crippen LogP contribution in [0.25, 0.3) is 0 Å². The molecule has 0 radical (unpaired) electrons. The van der Waals surface area contributed by atoms with Crippen LogP contribution in [0.1, 0.15) is 27.8 Å². The number of nitrogens with one attached hydrogen (secondary N) is 2. The predicted octanol–water partition coefficient (Wildman–Crippen LogP) is 2.33. The Morgan fingerprint density at radius 3 is 2.21 bits per heavy atom. The van der Waals surface area contributed by atoms with Crippen LogP contribution in [0.5, 0.6) is 0 Å². The van der Waals surface area contributed by atoms with E-state index in [2.05, 4.69) is 10.0 Å². The molecule has 1 aliphatic rings. The van der Waals surface area contributed by atoms with Gasteiger partial charge >= 0.3 is 0 Å².